The first-order chi connectivity index (χ1) is 8.69. The topological polar surface area (TPSA) is 55.6 Å². The van der Waals surface area contributed by atoms with E-state index in [1.54, 1.807) is 11.3 Å². The molecule has 1 aliphatic rings. The molecule has 0 radical (unpaired) electrons. The summed E-state index contributed by atoms with van der Waals surface area (Å²) < 4.78 is 5.41. The second-order valence-electron chi connectivity index (χ2n) is 4.38. The van der Waals surface area contributed by atoms with E-state index in [1.165, 1.54) is 15.3 Å². The Labute approximate surface area is 111 Å². The van der Waals surface area contributed by atoms with Gasteiger partial charge in [0.05, 0.1) is 13.2 Å². The predicted octanol–water partition coefficient (Wildman–Crippen LogP) is 1.92. The van der Waals surface area contributed by atoms with Crippen LogP contribution in [0.4, 0.5) is 0 Å². The van der Waals surface area contributed by atoms with Crippen molar-refractivity contribution < 1.29 is 9.66 Å². The largest absolute Gasteiger partial charge is 0.376 e. The van der Waals surface area contributed by atoms with Crippen LogP contribution in [0.25, 0.3) is 0 Å². The summed E-state index contributed by atoms with van der Waals surface area (Å²) in [6.45, 7) is 5.76. The number of hydrogen-bond donors (Lipinski definition) is 0. The first-order valence-corrected chi connectivity index (χ1v) is 7.03. The molecule has 5 nitrogen and oxygen atoms in total. The Hall–Kier alpha value is -0.980. The Morgan fingerprint density at radius 2 is 2.44 bits per heavy atom. The van der Waals surface area contributed by atoms with Gasteiger partial charge in [-0.05, 0) is 25.0 Å². The van der Waals surface area contributed by atoms with Crippen LogP contribution in [0.3, 0.4) is 0 Å². The molecule has 0 saturated heterocycles. The second kappa shape index (κ2) is 6.26. The lowest BCUT2D eigenvalue weighted by atomic mass is 10.1. The van der Waals surface area contributed by atoms with Crippen LogP contribution in [-0.4, -0.2) is 36.1 Å². The van der Waals surface area contributed by atoms with Gasteiger partial charge in [-0.1, -0.05) is 0 Å². The molecule has 18 heavy (non-hydrogen) atoms. The Balaban J connectivity index is 1.92. The van der Waals surface area contributed by atoms with Gasteiger partial charge >= 0.3 is 0 Å². The van der Waals surface area contributed by atoms with E-state index in [9.17, 15) is 10.1 Å². The van der Waals surface area contributed by atoms with Gasteiger partial charge in [0.15, 0.2) is 0 Å². The monoisotopic (exact) mass is 270 g/mol. The Morgan fingerprint density at radius 1 is 1.61 bits per heavy atom. The van der Waals surface area contributed by atoms with Crippen LogP contribution in [0.15, 0.2) is 6.07 Å². The van der Waals surface area contributed by atoms with Crippen LogP contribution in [0.5, 0.6) is 0 Å². The molecule has 2 rings (SSSR count). The van der Waals surface area contributed by atoms with Gasteiger partial charge in [-0.3, -0.25) is 15.0 Å². The molecular weight excluding hydrogens is 252 g/mol. The van der Waals surface area contributed by atoms with Gasteiger partial charge < -0.3 is 4.74 Å². The van der Waals surface area contributed by atoms with E-state index in [4.69, 9.17) is 4.74 Å². The zero-order valence-electron chi connectivity index (χ0n) is 10.6. The van der Waals surface area contributed by atoms with Gasteiger partial charge in [0.2, 0.25) is 6.54 Å². The van der Waals surface area contributed by atoms with Gasteiger partial charge in [0, 0.05) is 34.4 Å². The minimum atomic E-state index is -0.246. The maximum Gasteiger partial charge on any atom is 0.216 e. The molecule has 0 unspecified atom stereocenters. The molecule has 0 aromatic carbocycles. The maximum absolute atomic E-state index is 10.4. The van der Waals surface area contributed by atoms with Crippen molar-refractivity contribution in [1.82, 2.24) is 4.90 Å². The van der Waals surface area contributed by atoms with Crippen LogP contribution in [0.1, 0.15) is 22.2 Å². The lowest BCUT2D eigenvalue weighted by Crippen LogP contribution is -2.33. The van der Waals surface area contributed by atoms with Gasteiger partial charge in [-0.2, -0.15) is 0 Å². The summed E-state index contributed by atoms with van der Waals surface area (Å²) in [7, 11) is 0. The van der Waals surface area contributed by atoms with Crippen LogP contribution in [-0.2, 0) is 24.3 Å². The summed E-state index contributed by atoms with van der Waals surface area (Å²) in [5.41, 5.74) is 1.40. The van der Waals surface area contributed by atoms with Crippen molar-refractivity contribution in [2.24, 2.45) is 0 Å². The van der Waals surface area contributed by atoms with Gasteiger partial charge in [-0.15, -0.1) is 11.3 Å². The highest BCUT2D eigenvalue weighted by atomic mass is 32.1. The Bertz CT molecular complexity index is 419. The van der Waals surface area contributed by atoms with Gasteiger partial charge in [-0.25, -0.2) is 0 Å². The van der Waals surface area contributed by atoms with E-state index in [1.807, 2.05) is 6.92 Å². The molecule has 1 aromatic heterocycles. The lowest BCUT2D eigenvalue weighted by molar-refractivity contribution is -0.480. The van der Waals surface area contributed by atoms with Crippen molar-refractivity contribution in [2.75, 3.05) is 26.2 Å². The molecular formula is C12H18N2O3S. The van der Waals surface area contributed by atoms with Crippen molar-refractivity contribution in [3.05, 3.63) is 31.5 Å². The predicted molar refractivity (Wildman–Crippen MR) is 70.5 cm³/mol. The van der Waals surface area contributed by atoms with E-state index in [-0.39, 0.29) is 11.5 Å². The fourth-order valence-electron chi connectivity index (χ4n) is 2.12. The first-order valence-electron chi connectivity index (χ1n) is 6.21. The normalized spacial score (nSPS) is 15.6. The zero-order valence-corrected chi connectivity index (χ0v) is 11.4. The fraction of sp³-hybridized carbons (Fsp3) is 0.667. The summed E-state index contributed by atoms with van der Waals surface area (Å²) in [5, 5.41) is 10.4. The highest BCUT2D eigenvalue weighted by Gasteiger charge is 2.20. The summed E-state index contributed by atoms with van der Waals surface area (Å²) in [6.07, 6.45) is 0.996. The van der Waals surface area contributed by atoms with Gasteiger partial charge in [0.1, 0.15) is 0 Å². The Morgan fingerprint density at radius 3 is 3.17 bits per heavy atom. The lowest BCUT2D eigenvalue weighted by Gasteiger charge is -2.24. The highest BCUT2D eigenvalue weighted by molar-refractivity contribution is 7.12. The van der Waals surface area contributed by atoms with E-state index in [2.05, 4.69) is 11.0 Å². The summed E-state index contributed by atoms with van der Waals surface area (Å²) in [4.78, 5) is 14.9. The molecule has 1 aliphatic heterocycles. The number of hydrogen-bond acceptors (Lipinski definition) is 5. The third-order valence-corrected chi connectivity index (χ3v) is 4.20. The SMILES string of the molecule is CCOCc1cc2c(s1)CN(CC[N+](=O)[O-])CC2. The van der Waals surface area contributed by atoms with E-state index in [0.29, 0.717) is 13.2 Å². The molecule has 0 saturated carbocycles. The third-order valence-electron chi connectivity index (χ3n) is 3.06. The number of fused-ring (bicyclic) bond motifs is 1. The summed E-state index contributed by atoms with van der Waals surface area (Å²) in [6, 6.07) is 2.22. The average molecular weight is 270 g/mol. The molecule has 0 aliphatic carbocycles. The molecule has 100 valence electrons. The van der Waals surface area contributed by atoms with Crippen molar-refractivity contribution in [1.29, 1.82) is 0 Å². The summed E-state index contributed by atoms with van der Waals surface area (Å²) >= 11 is 1.78. The second-order valence-corrected chi connectivity index (χ2v) is 5.60. The third kappa shape index (κ3) is 3.51. The van der Waals surface area contributed by atoms with Crippen LogP contribution >= 0.6 is 11.3 Å². The van der Waals surface area contributed by atoms with Crippen molar-refractivity contribution in [2.45, 2.75) is 26.5 Å². The molecule has 0 spiro atoms. The summed E-state index contributed by atoms with van der Waals surface area (Å²) in [5.74, 6) is 0. The first kappa shape index (κ1) is 13.5. The number of nitrogens with zero attached hydrogens (tertiary/aromatic N) is 2. The van der Waals surface area contributed by atoms with Crippen LogP contribution in [0.2, 0.25) is 0 Å². The van der Waals surface area contributed by atoms with E-state index < -0.39 is 0 Å². The molecule has 0 bridgehead atoms. The van der Waals surface area contributed by atoms with Crippen LogP contribution < -0.4 is 0 Å². The number of thiophene rings is 1. The Kier molecular flexibility index (Phi) is 4.68. The highest BCUT2D eigenvalue weighted by Crippen LogP contribution is 2.28. The quantitative estimate of drug-likeness (QED) is 0.585. The fourth-order valence-corrected chi connectivity index (χ4v) is 3.32. The molecule has 0 N–H and O–H groups in total. The van der Waals surface area contributed by atoms with Crippen molar-refractivity contribution in [3.63, 3.8) is 0 Å². The molecule has 6 heteroatoms. The number of nitro groups is 1. The van der Waals surface area contributed by atoms with E-state index >= 15 is 0 Å². The molecule has 2 heterocycles. The minimum absolute atomic E-state index is 0.0342. The molecule has 1 aromatic rings. The number of ether oxygens (including phenoxy) is 1. The smallest absolute Gasteiger partial charge is 0.216 e. The van der Waals surface area contributed by atoms with Gasteiger partial charge in [0.25, 0.3) is 0 Å². The van der Waals surface area contributed by atoms with E-state index in [0.717, 1.165) is 26.1 Å². The van der Waals surface area contributed by atoms with Crippen LogP contribution in [0, 0.1) is 10.1 Å². The molecule has 0 amide bonds. The average Bonchev–Trinajstić information content (AvgIpc) is 2.75. The number of rotatable bonds is 6. The van der Waals surface area contributed by atoms with Crippen molar-refractivity contribution in [3.8, 4) is 0 Å². The molecule has 0 atom stereocenters. The standard InChI is InChI=1S/C12H18N2O3S/c1-2-17-9-11-7-10-3-4-13(5-6-14(15)16)8-12(10)18-11/h7H,2-6,8-9H2,1H3. The minimum Gasteiger partial charge on any atom is -0.376 e. The maximum atomic E-state index is 10.4. The molecule has 0 fully saturated rings. The zero-order chi connectivity index (χ0) is 13.0. The van der Waals surface area contributed by atoms with Crippen molar-refractivity contribution >= 4 is 11.3 Å².